The summed E-state index contributed by atoms with van der Waals surface area (Å²) in [5.41, 5.74) is 4.88. The van der Waals surface area contributed by atoms with E-state index in [1.807, 2.05) is 13.8 Å². The topological polar surface area (TPSA) is 87.7 Å². The van der Waals surface area contributed by atoms with E-state index in [4.69, 9.17) is 10.9 Å². The number of nitrogens with zero attached hydrogens (tertiary/aromatic N) is 1. The number of amidine groups is 1. The Bertz CT molecular complexity index is 364. The summed E-state index contributed by atoms with van der Waals surface area (Å²) in [6, 6.07) is 0.197. The molecule has 0 aliphatic heterocycles. The highest BCUT2D eigenvalue weighted by atomic mass is 16.4. The fourth-order valence-corrected chi connectivity index (χ4v) is 3.33. The van der Waals surface area contributed by atoms with Gasteiger partial charge in [0.05, 0.1) is 0 Å². The first-order valence-corrected chi connectivity index (χ1v) is 7.70. The molecule has 1 fully saturated rings. The number of rotatable bonds is 5. The number of carbonyl (C=O) groups excluding carboxylic acids is 1. The first-order valence-electron chi connectivity index (χ1n) is 7.70. The standard InChI is InChI=1S/C15H29N3O2/c1-5-15(6-2,13(16)18-20)14(19)17-12-8-7-10(3)9-11(12)4/h10-12,20H,5-9H2,1-4H3,(H2,16,18)(H,17,19). The molecule has 5 nitrogen and oxygen atoms in total. The first kappa shape index (κ1) is 16.8. The zero-order valence-corrected chi connectivity index (χ0v) is 13.1. The fourth-order valence-electron chi connectivity index (χ4n) is 3.33. The van der Waals surface area contributed by atoms with Crippen LogP contribution < -0.4 is 11.1 Å². The van der Waals surface area contributed by atoms with Crippen LogP contribution in [0.2, 0.25) is 0 Å². The maximum Gasteiger partial charge on any atom is 0.234 e. The molecule has 0 aromatic heterocycles. The summed E-state index contributed by atoms with van der Waals surface area (Å²) in [6.07, 6.45) is 4.35. The summed E-state index contributed by atoms with van der Waals surface area (Å²) in [7, 11) is 0. The number of oxime groups is 1. The summed E-state index contributed by atoms with van der Waals surface area (Å²) < 4.78 is 0. The molecule has 1 amide bonds. The minimum atomic E-state index is -0.891. The first-order chi connectivity index (χ1) is 9.41. The average molecular weight is 283 g/mol. The van der Waals surface area contributed by atoms with E-state index in [0.717, 1.165) is 25.2 Å². The van der Waals surface area contributed by atoms with Crippen molar-refractivity contribution in [3.8, 4) is 0 Å². The molecule has 5 heteroatoms. The molecule has 3 atom stereocenters. The third-order valence-corrected chi connectivity index (χ3v) is 4.99. The van der Waals surface area contributed by atoms with Crippen LogP contribution in [0, 0.1) is 17.3 Å². The summed E-state index contributed by atoms with van der Waals surface area (Å²) in [5.74, 6) is 1.10. The third-order valence-electron chi connectivity index (χ3n) is 4.99. The molecule has 3 unspecified atom stereocenters. The largest absolute Gasteiger partial charge is 0.409 e. The quantitative estimate of drug-likeness (QED) is 0.313. The van der Waals surface area contributed by atoms with Crippen LogP contribution in [0.25, 0.3) is 0 Å². The van der Waals surface area contributed by atoms with E-state index >= 15 is 0 Å². The van der Waals surface area contributed by atoms with Crippen LogP contribution in [-0.4, -0.2) is 23.0 Å². The summed E-state index contributed by atoms with van der Waals surface area (Å²) >= 11 is 0. The highest BCUT2D eigenvalue weighted by molar-refractivity contribution is 6.06. The molecule has 1 aliphatic rings. The van der Waals surface area contributed by atoms with Crippen molar-refractivity contribution in [1.82, 2.24) is 5.32 Å². The molecular formula is C15H29N3O2. The Balaban J connectivity index is 2.82. The Labute approximate surface area is 122 Å². The number of amides is 1. The molecule has 1 aliphatic carbocycles. The fraction of sp³-hybridized carbons (Fsp3) is 0.867. The van der Waals surface area contributed by atoms with Crippen LogP contribution in [-0.2, 0) is 4.79 Å². The second-order valence-electron chi connectivity index (χ2n) is 6.25. The van der Waals surface area contributed by atoms with Crippen molar-refractivity contribution in [2.45, 2.75) is 65.8 Å². The minimum Gasteiger partial charge on any atom is -0.409 e. The van der Waals surface area contributed by atoms with E-state index in [1.165, 1.54) is 0 Å². The predicted molar refractivity (Wildman–Crippen MR) is 80.5 cm³/mol. The lowest BCUT2D eigenvalue weighted by Gasteiger charge is -2.36. The van der Waals surface area contributed by atoms with E-state index in [2.05, 4.69) is 24.3 Å². The monoisotopic (exact) mass is 283 g/mol. The number of nitrogens with one attached hydrogen (secondary N) is 1. The molecule has 20 heavy (non-hydrogen) atoms. The van der Waals surface area contributed by atoms with Gasteiger partial charge in [-0.25, -0.2) is 0 Å². The van der Waals surface area contributed by atoms with Gasteiger partial charge in [0.15, 0.2) is 5.84 Å². The highest BCUT2D eigenvalue weighted by Gasteiger charge is 2.41. The third kappa shape index (κ3) is 3.25. The molecule has 1 rings (SSSR count). The van der Waals surface area contributed by atoms with Crippen LogP contribution >= 0.6 is 0 Å². The molecule has 1 saturated carbocycles. The van der Waals surface area contributed by atoms with Crippen LogP contribution in [0.3, 0.4) is 0 Å². The van der Waals surface area contributed by atoms with Crippen molar-refractivity contribution < 1.29 is 10.0 Å². The zero-order chi connectivity index (χ0) is 15.3. The van der Waals surface area contributed by atoms with E-state index in [9.17, 15) is 4.79 Å². The van der Waals surface area contributed by atoms with Crippen molar-refractivity contribution in [3.05, 3.63) is 0 Å². The summed E-state index contributed by atoms with van der Waals surface area (Å²) in [6.45, 7) is 8.23. The number of nitrogens with two attached hydrogens (primary N) is 1. The highest BCUT2D eigenvalue weighted by Crippen LogP contribution is 2.31. The molecular weight excluding hydrogens is 254 g/mol. The number of hydrogen-bond donors (Lipinski definition) is 3. The van der Waals surface area contributed by atoms with Gasteiger partial charge in [0, 0.05) is 6.04 Å². The smallest absolute Gasteiger partial charge is 0.234 e. The van der Waals surface area contributed by atoms with E-state index < -0.39 is 5.41 Å². The molecule has 4 N–H and O–H groups in total. The SMILES string of the molecule is CCC(CC)(C(=O)NC1CCC(C)CC1C)C(N)=NO. The van der Waals surface area contributed by atoms with E-state index in [0.29, 0.717) is 18.8 Å². The Hall–Kier alpha value is -1.26. The van der Waals surface area contributed by atoms with Crippen LogP contribution in [0.4, 0.5) is 0 Å². The maximum atomic E-state index is 12.6. The van der Waals surface area contributed by atoms with Gasteiger partial charge >= 0.3 is 0 Å². The molecule has 116 valence electrons. The molecule has 0 bridgehead atoms. The maximum absolute atomic E-state index is 12.6. The molecule has 0 saturated heterocycles. The Kier molecular flexibility index (Phi) is 5.84. The van der Waals surface area contributed by atoms with Crippen molar-refractivity contribution in [1.29, 1.82) is 0 Å². The van der Waals surface area contributed by atoms with Crippen LogP contribution in [0.1, 0.15) is 59.8 Å². The van der Waals surface area contributed by atoms with Gasteiger partial charge < -0.3 is 16.3 Å². The van der Waals surface area contributed by atoms with Gasteiger partial charge in [-0.2, -0.15) is 0 Å². The van der Waals surface area contributed by atoms with Gasteiger partial charge in [-0.05, 0) is 43.9 Å². The Morgan fingerprint density at radius 1 is 1.35 bits per heavy atom. The normalized spacial score (nSPS) is 28.2. The number of hydrogen-bond acceptors (Lipinski definition) is 3. The van der Waals surface area contributed by atoms with E-state index in [-0.39, 0.29) is 17.8 Å². The predicted octanol–water partition coefficient (Wildman–Crippen LogP) is 2.48. The molecule has 0 heterocycles. The van der Waals surface area contributed by atoms with Gasteiger partial charge in [0.25, 0.3) is 0 Å². The second-order valence-corrected chi connectivity index (χ2v) is 6.25. The van der Waals surface area contributed by atoms with Gasteiger partial charge in [-0.1, -0.05) is 32.9 Å². The van der Waals surface area contributed by atoms with Crippen molar-refractivity contribution in [2.75, 3.05) is 0 Å². The van der Waals surface area contributed by atoms with Crippen LogP contribution in [0.15, 0.2) is 5.16 Å². The Morgan fingerprint density at radius 2 is 1.95 bits per heavy atom. The van der Waals surface area contributed by atoms with Crippen molar-refractivity contribution >= 4 is 11.7 Å². The van der Waals surface area contributed by atoms with Gasteiger partial charge in [0.2, 0.25) is 5.91 Å². The molecule has 0 aromatic rings. The lowest BCUT2D eigenvalue weighted by atomic mass is 9.77. The van der Waals surface area contributed by atoms with Crippen LogP contribution in [0.5, 0.6) is 0 Å². The van der Waals surface area contributed by atoms with Gasteiger partial charge in [0.1, 0.15) is 5.41 Å². The Morgan fingerprint density at radius 3 is 2.40 bits per heavy atom. The van der Waals surface area contributed by atoms with Crippen molar-refractivity contribution in [2.24, 2.45) is 28.1 Å². The lowest BCUT2D eigenvalue weighted by Crippen LogP contribution is -2.53. The average Bonchev–Trinajstić information content (AvgIpc) is 2.43. The molecule has 0 spiro atoms. The lowest BCUT2D eigenvalue weighted by molar-refractivity contribution is -0.129. The van der Waals surface area contributed by atoms with Crippen molar-refractivity contribution in [3.63, 3.8) is 0 Å². The van der Waals surface area contributed by atoms with Gasteiger partial charge in [-0.3, -0.25) is 4.79 Å². The number of carbonyl (C=O) groups is 1. The molecule has 0 radical (unpaired) electrons. The second kappa shape index (κ2) is 6.95. The van der Waals surface area contributed by atoms with Gasteiger partial charge in [-0.15, -0.1) is 0 Å². The summed E-state index contributed by atoms with van der Waals surface area (Å²) in [5, 5.41) is 15.2. The molecule has 0 aromatic carbocycles. The summed E-state index contributed by atoms with van der Waals surface area (Å²) in [4.78, 5) is 12.6. The minimum absolute atomic E-state index is 0.0110. The van der Waals surface area contributed by atoms with E-state index in [1.54, 1.807) is 0 Å². The zero-order valence-electron chi connectivity index (χ0n) is 13.1.